The van der Waals surface area contributed by atoms with Crippen LogP contribution in [0.5, 0.6) is 0 Å². The monoisotopic (exact) mass is 221 g/mol. The number of primary amides is 1. The molecule has 2 heteroatoms. The Kier molecular flexibility index (Phi) is 5.91. The van der Waals surface area contributed by atoms with Crippen molar-refractivity contribution < 1.29 is 4.79 Å². The maximum atomic E-state index is 10.9. The van der Waals surface area contributed by atoms with E-state index in [1.165, 1.54) is 31.3 Å². The fraction of sp³-hybridized carbons (Fsp3) is 0.643. The topological polar surface area (TPSA) is 43.1 Å². The van der Waals surface area contributed by atoms with Gasteiger partial charge in [-0.3, -0.25) is 4.79 Å². The van der Waals surface area contributed by atoms with E-state index in [2.05, 4.69) is 19.1 Å². The van der Waals surface area contributed by atoms with Crippen molar-refractivity contribution >= 4 is 5.91 Å². The maximum Gasteiger partial charge on any atom is 0.241 e. The molecule has 0 atom stereocenters. The number of carbonyl (C=O) groups excluding carboxylic acids is 1. The Morgan fingerprint density at radius 3 is 2.62 bits per heavy atom. The van der Waals surface area contributed by atoms with Crippen molar-refractivity contribution in [3.05, 3.63) is 23.8 Å². The number of unbranched alkanes of at least 4 members (excludes halogenated alkanes) is 2. The molecule has 0 aromatic carbocycles. The lowest BCUT2D eigenvalue weighted by Gasteiger charge is -2.04. The standard InChI is InChI=1S/C14H23NO/c1-2-3-4-5-6-7-8-13(11-14(15)16)12-9-10-12/h3-4,11-12H,2,5-10H2,1H3,(H2,15,16)/b4-3-,13-11+. The predicted octanol–water partition coefficient (Wildman–Crippen LogP) is 3.33. The number of amides is 1. The molecular weight excluding hydrogens is 198 g/mol. The SMILES string of the molecule is CC/C=C\CCCC/C(=C\C(N)=O)C1CC1. The molecule has 1 amide bonds. The van der Waals surface area contributed by atoms with Crippen molar-refractivity contribution in [2.24, 2.45) is 11.7 Å². The lowest BCUT2D eigenvalue weighted by molar-refractivity contribution is -0.113. The molecule has 0 aromatic rings. The van der Waals surface area contributed by atoms with Gasteiger partial charge in [0, 0.05) is 6.08 Å². The smallest absolute Gasteiger partial charge is 0.241 e. The van der Waals surface area contributed by atoms with Crippen LogP contribution in [0.15, 0.2) is 23.8 Å². The third-order valence-electron chi connectivity index (χ3n) is 2.92. The van der Waals surface area contributed by atoms with Gasteiger partial charge in [-0.2, -0.15) is 0 Å². The number of hydrogen-bond donors (Lipinski definition) is 1. The number of rotatable bonds is 8. The summed E-state index contributed by atoms with van der Waals surface area (Å²) in [6.45, 7) is 2.15. The zero-order valence-corrected chi connectivity index (χ0v) is 10.2. The van der Waals surface area contributed by atoms with Gasteiger partial charge >= 0.3 is 0 Å². The average molecular weight is 221 g/mol. The molecule has 0 radical (unpaired) electrons. The van der Waals surface area contributed by atoms with E-state index in [0.29, 0.717) is 5.92 Å². The minimum absolute atomic E-state index is 0.284. The third kappa shape index (κ3) is 5.74. The molecule has 90 valence electrons. The van der Waals surface area contributed by atoms with Gasteiger partial charge in [0.25, 0.3) is 0 Å². The first-order chi connectivity index (χ1) is 7.74. The molecule has 16 heavy (non-hydrogen) atoms. The van der Waals surface area contributed by atoms with E-state index in [1.54, 1.807) is 6.08 Å². The summed E-state index contributed by atoms with van der Waals surface area (Å²) in [6, 6.07) is 0. The van der Waals surface area contributed by atoms with Gasteiger partial charge < -0.3 is 5.73 Å². The fourth-order valence-electron chi connectivity index (χ4n) is 1.91. The zero-order chi connectivity index (χ0) is 11.8. The highest BCUT2D eigenvalue weighted by molar-refractivity contribution is 5.86. The lowest BCUT2D eigenvalue weighted by Crippen LogP contribution is -2.08. The summed E-state index contributed by atoms with van der Waals surface area (Å²) in [5.74, 6) is 0.381. The minimum atomic E-state index is -0.284. The third-order valence-corrected chi connectivity index (χ3v) is 2.92. The van der Waals surface area contributed by atoms with Crippen LogP contribution in [0.25, 0.3) is 0 Å². The molecule has 0 aromatic heterocycles. The Balaban J connectivity index is 2.18. The van der Waals surface area contributed by atoms with Crippen molar-refractivity contribution in [1.82, 2.24) is 0 Å². The predicted molar refractivity (Wildman–Crippen MR) is 67.9 cm³/mol. The molecule has 1 aliphatic carbocycles. The van der Waals surface area contributed by atoms with Crippen LogP contribution in [0.4, 0.5) is 0 Å². The molecule has 1 rings (SSSR count). The molecule has 2 N–H and O–H groups in total. The summed E-state index contributed by atoms with van der Waals surface area (Å²) < 4.78 is 0. The molecule has 0 saturated heterocycles. The van der Waals surface area contributed by atoms with Gasteiger partial charge in [-0.05, 0) is 50.9 Å². The molecular formula is C14H23NO. The highest BCUT2D eigenvalue weighted by Gasteiger charge is 2.25. The van der Waals surface area contributed by atoms with Gasteiger partial charge in [0.05, 0.1) is 0 Å². The Hall–Kier alpha value is -1.05. The van der Waals surface area contributed by atoms with Gasteiger partial charge in [0.1, 0.15) is 0 Å². The first-order valence-electron chi connectivity index (χ1n) is 6.39. The van der Waals surface area contributed by atoms with E-state index in [4.69, 9.17) is 5.73 Å². The van der Waals surface area contributed by atoms with Crippen molar-refractivity contribution in [1.29, 1.82) is 0 Å². The molecule has 1 fully saturated rings. The normalized spacial score (nSPS) is 16.9. The Labute approximate surface area is 98.6 Å². The first kappa shape index (κ1) is 13.0. The fourth-order valence-corrected chi connectivity index (χ4v) is 1.91. The lowest BCUT2D eigenvalue weighted by atomic mass is 10.0. The van der Waals surface area contributed by atoms with Crippen molar-refractivity contribution in [3.8, 4) is 0 Å². The van der Waals surface area contributed by atoms with Crippen molar-refractivity contribution in [2.75, 3.05) is 0 Å². The average Bonchev–Trinajstić information content (AvgIpc) is 3.04. The molecule has 1 saturated carbocycles. The highest BCUT2D eigenvalue weighted by atomic mass is 16.1. The number of allylic oxidation sites excluding steroid dienone is 3. The van der Waals surface area contributed by atoms with Crippen LogP contribution < -0.4 is 5.73 Å². The van der Waals surface area contributed by atoms with Crippen LogP contribution in [-0.4, -0.2) is 5.91 Å². The van der Waals surface area contributed by atoms with Gasteiger partial charge in [-0.15, -0.1) is 0 Å². The molecule has 1 aliphatic rings. The molecule has 0 heterocycles. The Morgan fingerprint density at radius 2 is 2.06 bits per heavy atom. The van der Waals surface area contributed by atoms with E-state index in [9.17, 15) is 4.79 Å². The van der Waals surface area contributed by atoms with E-state index in [0.717, 1.165) is 19.3 Å². The van der Waals surface area contributed by atoms with Crippen LogP contribution in [0.1, 0.15) is 51.9 Å². The van der Waals surface area contributed by atoms with Crippen LogP contribution >= 0.6 is 0 Å². The summed E-state index contributed by atoms with van der Waals surface area (Å²) in [5.41, 5.74) is 6.49. The number of nitrogens with two attached hydrogens (primary N) is 1. The second-order valence-corrected chi connectivity index (χ2v) is 4.52. The van der Waals surface area contributed by atoms with E-state index < -0.39 is 0 Å². The van der Waals surface area contributed by atoms with Crippen LogP contribution in [0.3, 0.4) is 0 Å². The van der Waals surface area contributed by atoms with Crippen molar-refractivity contribution in [3.63, 3.8) is 0 Å². The van der Waals surface area contributed by atoms with Crippen molar-refractivity contribution in [2.45, 2.75) is 51.9 Å². The summed E-state index contributed by atoms with van der Waals surface area (Å²) in [5, 5.41) is 0. The first-order valence-corrected chi connectivity index (χ1v) is 6.39. The van der Waals surface area contributed by atoms with Crippen LogP contribution in [0, 0.1) is 5.92 Å². The quantitative estimate of drug-likeness (QED) is 0.381. The maximum absolute atomic E-state index is 10.9. The Morgan fingerprint density at radius 1 is 1.31 bits per heavy atom. The summed E-state index contributed by atoms with van der Waals surface area (Å²) in [6.07, 6.45) is 14.3. The number of carbonyl (C=O) groups is 1. The molecule has 0 bridgehead atoms. The van der Waals surface area contributed by atoms with Crippen LogP contribution in [-0.2, 0) is 4.79 Å². The zero-order valence-electron chi connectivity index (χ0n) is 10.2. The largest absolute Gasteiger partial charge is 0.366 e. The molecule has 0 unspecified atom stereocenters. The molecule has 0 spiro atoms. The van der Waals surface area contributed by atoms with Gasteiger partial charge in [-0.1, -0.05) is 24.6 Å². The van der Waals surface area contributed by atoms with Crippen LogP contribution in [0.2, 0.25) is 0 Å². The second-order valence-electron chi connectivity index (χ2n) is 4.52. The summed E-state index contributed by atoms with van der Waals surface area (Å²) in [7, 11) is 0. The molecule has 2 nitrogen and oxygen atoms in total. The van der Waals surface area contributed by atoms with Gasteiger partial charge in [-0.25, -0.2) is 0 Å². The highest BCUT2D eigenvalue weighted by Crippen LogP contribution is 2.38. The summed E-state index contributed by atoms with van der Waals surface area (Å²) in [4.78, 5) is 10.9. The van der Waals surface area contributed by atoms with E-state index >= 15 is 0 Å². The molecule has 0 aliphatic heterocycles. The van der Waals surface area contributed by atoms with E-state index in [1.807, 2.05) is 0 Å². The Bertz CT molecular complexity index is 274. The second kappa shape index (κ2) is 7.26. The van der Waals surface area contributed by atoms with Gasteiger partial charge in [0.2, 0.25) is 5.91 Å². The van der Waals surface area contributed by atoms with Gasteiger partial charge in [0.15, 0.2) is 0 Å². The van der Waals surface area contributed by atoms with E-state index in [-0.39, 0.29) is 5.91 Å². The summed E-state index contributed by atoms with van der Waals surface area (Å²) >= 11 is 0. The minimum Gasteiger partial charge on any atom is -0.366 e. The number of hydrogen-bond acceptors (Lipinski definition) is 1.